The molecule has 3 rings (SSSR count). The minimum atomic E-state index is -0.704. The van der Waals surface area contributed by atoms with E-state index in [0.717, 1.165) is 11.1 Å². The van der Waals surface area contributed by atoms with E-state index in [1.54, 1.807) is 0 Å². The summed E-state index contributed by atoms with van der Waals surface area (Å²) in [7, 11) is 1.41. The maximum atomic E-state index is 13.1. The van der Waals surface area contributed by atoms with Gasteiger partial charge in [0.25, 0.3) is 17.7 Å². The lowest BCUT2D eigenvalue weighted by Crippen LogP contribution is -2.40. The Balaban J connectivity index is 1.84. The van der Waals surface area contributed by atoms with E-state index in [0.29, 0.717) is 5.57 Å². The summed E-state index contributed by atoms with van der Waals surface area (Å²) in [6.45, 7) is 7.46. The van der Waals surface area contributed by atoms with Crippen molar-refractivity contribution < 1.29 is 19.1 Å². The molecule has 9 nitrogen and oxygen atoms in total. The van der Waals surface area contributed by atoms with Gasteiger partial charge in [0, 0.05) is 17.7 Å². The Morgan fingerprint density at radius 3 is 2.49 bits per heavy atom. The Bertz CT molecular complexity index is 1330. The minimum Gasteiger partial charge on any atom is -0.481 e. The van der Waals surface area contributed by atoms with Gasteiger partial charge in [-0.15, -0.1) is 0 Å². The molecular weight excluding hydrogens is 494 g/mol. The van der Waals surface area contributed by atoms with Gasteiger partial charge >= 0.3 is 0 Å². The second-order valence-electron chi connectivity index (χ2n) is 8.31. The van der Waals surface area contributed by atoms with Crippen molar-refractivity contribution in [3.8, 4) is 0 Å². The van der Waals surface area contributed by atoms with E-state index in [4.69, 9.17) is 22.1 Å². The molecule has 1 aliphatic heterocycles. The average molecular weight is 522 g/mol. The lowest BCUT2D eigenvalue weighted by molar-refractivity contribution is -0.120. The van der Waals surface area contributed by atoms with Crippen molar-refractivity contribution in [2.45, 2.75) is 19.9 Å². The molecule has 1 heterocycles. The molecule has 0 spiro atoms. The number of amidine groups is 1. The lowest BCUT2D eigenvalue weighted by Gasteiger charge is -2.20. The van der Waals surface area contributed by atoms with Gasteiger partial charge in [-0.2, -0.15) is 4.99 Å². The van der Waals surface area contributed by atoms with Crippen molar-refractivity contribution in [3.63, 3.8) is 0 Å². The number of hydrogen-bond donors (Lipinski definition) is 4. The molecule has 0 aromatic heterocycles. The van der Waals surface area contributed by atoms with Crippen LogP contribution in [0, 0.1) is 0 Å². The molecule has 2 aromatic rings. The van der Waals surface area contributed by atoms with Gasteiger partial charge < -0.3 is 26.4 Å². The van der Waals surface area contributed by atoms with Crippen molar-refractivity contribution >= 4 is 40.8 Å². The van der Waals surface area contributed by atoms with Gasteiger partial charge in [0.1, 0.15) is 11.4 Å². The zero-order chi connectivity index (χ0) is 27.1. The molecule has 0 saturated heterocycles. The molecule has 37 heavy (non-hydrogen) atoms. The average Bonchev–Trinajstić information content (AvgIpc) is 2.88. The Morgan fingerprint density at radius 2 is 1.86 bits per heavy atom. The number of anilines is 1. The zero-order valence-corrected chi connectivity index (χ0v) is 21.5. The molecule has 5 N–H and O–H groups in total. The van der Waals surface area contributed by atoms with Crippen LogP contribution in [0.15, 0.2) is 88.8 Å². The molecule has 2 aromatic carbocycles. The second-order valence-corrected chi connectivity index (χ2v) is 8.71. The van der Waals surface area contributed by atoms with Crippen molar-refractivity contribution in [2.24, 2.45) is 10.7 Å². The molecule has 1 unspecified atom stereocenters. The summed E-state index contributed by atoms with van der Waals surface area (Å²) in [6.07, 6.45) is 1.43. The number of benzene rings is 2. The van der Waals surface area contributed by atoms with Crippen LogP contribution in [0.3, 0.4) is 0 Å². The van der Waals surface area contributed by atoms with E-state index in [9.17, 15) is 14.4 Å². The van der Waals surface area contributed by atoms with Crippen LogP contribution in [-0.4, -0.2) is 37.2 Å². The van der Waals surface area contributed by atoms with Crippen LogP contribution < -0.4 is 21.7 Å². The fourth-order valence-electron chi connectivity index (χ4n) is 3.49. The first-order valence-corrected chi connectivity index (χ1v) is 11.7. The highest BCUT2D eigenvalue weighted by molar-refractivity contribution is 6.35. The number of hydrogen-bond acceptors (Lipinski definition) is 6. The van der Waals surface area contributed by atoms with E-state index in [1.807, 2.05) is 44.2 Å². The van der Waals surface area contributed by atoms with Crippen LogP contribution in [0.2, 0.25) is 5.02 Å². The number of halogens is 1. The third-order valence-electron chi connectivity index (χ3n) is 5.50. The van der Waals surface area contributed by atoms with Crippen LogP contribution >= 0.6 is 11.6 Å². The van der Waals surface area contributed by atoms with Crippen molar-refractivity contribution in [1.29, 1.82) is 0 Å². The van der Waals surface area contributed by atoms with Crippen molar-refractivity contribution in [1.82, 2.24) is 10.6 Å². The summed E-state index contributed by atoms with van der Waals surface area (Å²) in [5.41, 5.74) is 8.34. The molecule has 10 heteroatoms. The predicted molar refractivity (Wildman–Crippen MR) is 144 cm³/mol. The molecule has 192 valence electrons. The SMILES string of the molecule is C=C(/N=C1/NC(=O)C(C(=O)Nc2cc(C(=O)NC(CN)c3ccccc3)ccc2Cl)=CC1=C(C)C)OC. The van der Waals surface area contributed by atoms with Crippen LogP contribution in [-0.2, 0) is 14.3 Å². The van der Waals surface area contributed by atoms with Crippen molar-refractivity contribution in [3.05, 3.63) is 99.9 Å². The van der Waals surface area contributed by atoms with Crippen LogP contribution in [0.5, 0.6) is 0 Å². The smallest absolute Gasteiger partial charge is 0.262 e. The summed E-state index contributed by atoms with van der Waals surface area (Å²) in [6, 6.07) is 13.4. The molecule has 3 amide bonds. The van der Waals surface area contributed by atoms with E-state index in [-0.39, 0.29) is 40.1 Å². The van der Waals surface area contributed by atoms with Gasteiger partial charge in [-0.05, 0) is 50.3 Å². The highest BCUT2D eigenvalue weighted by Gasteiger charge is 2.28. The predicted octanol–water partition coefficient (Wildman–Crippen LogP) is 3.62. The summed E-state index contributed by atoms with van der Waals surface area (Å²) in [4.78, 5) is 42.8. The highest BCUT2D eigenvalue weighted by atomic mass is 35.5. The zero-order valence-electron chi connectivity index (χ0n) is 20.7. The number of nitrogens with two attached hydrogens (primary N) is 1. The monoisotopic (exact) mass is 521 g/mol. The molecule has 1 atom stereocenters. The Hall–Kier alpha value is -4.21. The number of nitrogens with one attached hydrogen (secondary N) is 3. The maximum Gasteiger partial charge on any atom is 0.262 e. The molecule has 0 fully saturated rings. The van der Waals surface area contributed by atoms with E-state index >= 15 is 0 Å². The first kappa shape index (κ1) is 27.4. The fourth-order valence-corrected chi connectivity index (χ4v) is 3.65. The number of carbonyl (C=O) groups is 3. The van der Waals surface area contributed by atoms with Gasteiger partial charge in [0.15, 0.2) is 0 Å². The highest BCUT2D eigenvalue weighted by Crippen LogP contribution is 2.25. The lowest BCUT2D eigenvalue weighted by atomic mass is 10.0. The third kappa shape index (κ3) is 6.72. The first-order valence-electron chi connectivity index (χ1n) is 11.3. The van der Waals surface area contributed by atoms with Crippen LogP contribution in [0.1, 0.15) is 35.8 Å². The number of rotatable bonds is 8. The summed E-state index contributed by atoms with van der Waals surface area (Å²) in [5.74, 6) is -1.44. The molecular formula is C27H28ClN5O4. The van der Waals surface area contributed by atoms with Gasteiger partial charge in [0.2, 0.25) is 5.88 Å². The first-order chi connectivity index (χ1) is 17.6. The maximum absolute atomic E-state index is 13.1. The fraction of sp³-hybridized carbons (Fsp3) is 0.185. The second kappa shape index (κ2) is 12.2. The van der Waals surface area contributed by atoms with Gasteiger partial charge in [0.05, 0.1) is 23.9 Å². The molecule has 0 bridgehead atoms. The van der Waals surface area contributed by atoms with Crippen molar-refractivity contribution in [2.75, 3.05) is 19.0 Å². The quantitative estimate of drug-likeness (QED) is 0.311. The molecule has 0 saturated carbocycles. The van der Waals surface area contributed by atoms with Gasteiger partial charge in [-0.3, -0.25) is 14.4 Å². The standard InChI is InChI=1S/C27H28ClN5O4/c1-15(2)19-13-20(27(36)33-24(19)30-16(3)37-4)26(35)31-22-12-18(10-11-21(22)28)25(34)32-23(14-29)17-8-6-5-7-9-17/h5-13,23H,3,14,29H2,1-2,4H3,(H,31,35)(H,32,34)(H,30,33,36). The summed E-state index contributed by atoms with van der Waals surface area (Å²) in [5, 5.41) is 8.29. The number of ether oxygens (including phenoxy) is 1. The molecule has 0 radical (unpaired) electrons. The van der Waals surface area contributed by atoms with E-state index < -0.39 is 23.8 Å². The summed E-state index contributed by atoms with van der Waals surface area (Å²) >= 11 is 6.29. The van der Waals surface area contributed by atoms with E-state index in [1.165, 1.54) is 31.4 Å². The Kier molecular flexibility index (Phi) is 9.00. The Labute approximate surface area is 220 Å². The van der Waals surface area contributed by atoms with Gasteiger partial charge in [-0.1, -0.05) is 47.5 Å². The van der Waals surface area contributed by atoms with Crippen LogP contribution in [0.4, 0.5) is 5.69 Å². The number of methoxy groups -OCH3 is 1. The van der Waals surface area contributed by atoms with E-state index in [2.05, 4.69) is 27.5 Å². The Morgan fingerprint density at radius 1 is 1.16 bits per heavy atom. The molecule has 1 aliphatic rings. The normalized spacial score (nSPS) is 14.8. The van der Waals surface area contributed by atoms with Crippen LogP contribution in [0.25, 0.3) is 0 Å². The summed E-state index contributed by atoms with van der Waals surface area (Å²) < 4.78 is 4.96. The minimum absolute atomic E-state index is 0.0985. The number of amides is 3. The number of nitrogens with zero attached hydrogens (tertiary/aromatic N) is 1. The largest absolute Gasteiger partial charge is 0.481 e. The topological polar surface area (TPSA) is 135 Å². The number of aliphatic imine (C=N–C) groups is 1. The third-order valence-corrected chi connectivity index (χ3v) is 5.83. The number of allylic oxidation sites excluding steroid dienone is 1. The molecule has 0 aliphatic carbocycles. The number of carbonyl (C=O) groups excluding carboxylic acids is 3. The van der Waals surface area contributed by atoms with Gasteiger partial charge in [-0.25, -0.2) is 0 Å².